The molecule has 0 radical (unpaired) electrons. The highest BCUT2D eigenvalue weighted by molar-refractivity contribution is 7.99. The van der Waals surface area contributed by atoms with Crippen LogP contribution < -0.4 is 0 Å². The molecule has 0 aromatic rings. The van der Waals surface area contributed by atoms with Crippen LogP contribution >= 0.6 is 11.8 Å². The molecule has 0 spiro atoms. The number of hydrogen-bond acceptors (Lipinski definition) is 9. The van der Waals surface area contributed by atoms with Crippen LogP contribution in [0.25, 0.3) is 0 Å². The second kappa shape index (κ2) is 10.2. The van der Waals surface area contributed by atoms with Gasteiger partial charge in [-0.05, 0) is 5.57 Å². The third-order valence-corrected chi connectivity index (χ3v) is 4.39. The number of aliphatic hydroxyl groups excluding tert-OH is 4. The number of esters is 1. The highest BCUT2D eigenvalue weighted by Crippen LogP contribution is 2.22. The maximum atomic E-state index is 10.9. The molecule has 0 amide bonds. The summed E-state index contributed by atoms with van der Waals surface area (Å²) in [6.07, 6.45) is -6.15. The number of ether oxygens (including phenoxy) is 3. The van der Waals surface area contributed by atoms with Gasteiger partial charge in [0, 0.05) is 11.5 Å². The summed E-state index contributed by atoms with van der Waals surface area (Å²) >= 11 is 1.49. The van der Waals surface area contributed by atoms with Gasteiger partial charge in [-0.2, -0.15) is 11.8 Å². The van der Waals surface area contributed by atoms with Crippen molar-refractivity contribution in [2.24, 2.45) is 0 Å². The first-order chi connectivity index (χ1) is 10.9. The van der Waals surface area contributed by atoms with E-state index in [1.54, 1.807) is 0 Å². The summed E-state index contributed by atoms with van der Waals surface area (Å²) in [5.74, 6) is 0.862. The van der Waals surface area contributed by atoms with Gasteiger partial charge in [0.25, 0.3) is 0 Å². The minimum absolute atomic E-state index is 0.0773. The fourth-order valence-electron chi connectivity index (χ4n) is 1.92. The third kappa shape index (κ3) is 6.38. The van der Waals surface area contributed by atoms with Crippen molar-refractivity contribution in [3.8, 4) is 0 Å². The summed E-state index contributed by atoms with van der Waals surface area (Å²) in [4.78, 5) is 10.9. The van der Waals surface area contributed by atoms with E-state index in [2.05, 4.69) is 11.3 Å². The Bertz CT molecular complexity index is 389. The second-order valence-electron chi connectivity index (χ2n) is 5.14. The molecule has 0 saturated carbocycles. The number of thioether (sulfide) groups is 1. The average molecular weight is 352 g/mol. The Labute approximate surface area is 139 Å². The fourth-order valence-corrected chi connectivity index (χ4v) is 2.75. The Hall–Kier alpha value is -0.680. The van der Waals surface area contributed by atoms with Gasteiger partial charge in [-0.25, -0.2) is 0 Å². The molecule has 0 aliphatic carbocycles. The molecule has 1 heterocycles. The van der Waals surface area contributed by atoms with Crippen LogP contribution in [0.1, 0.15) is 6.42 Å². The van der Waals surface area contributed by atoms with E-state index in [1.165, 1.54) is 18.9 Å². The van der Waals surface area contributed by atoms with Crippen LogP contribution in [-0.2, 0) is 19.0 Å². The quantitative estimate of drug-likeness (QED) is 0.226. The second-order valence-corrected chi connectivity index (χ2v) is 6.24. The Morgan fingerprint density at radius 1 is 1.26 bits per heavy atom. The monoisotopic (exact) mass is 352 g/mol. The van der Waals surface area contributed by atoms with Crippen LogP contribution in [0, 0.1) is 0 Å². The smallest absolute Gasteiger partial charge is 0.306 e. The zero-order valence-corrected chi connectivity index (χ0v) is 13.8. The van der Waals surface area contributed by atoms with Gasteiger partial charge in [0.2, 0.25) is 0 Å². The van der Waals surface area contributed by atoms with E-state index < -0.39 is 37.3 Å². The molecule has 1 aliphatic heterocycles. The van der Waals surface area contributed by atoms with Gasteiger partial charge < -0.3 is 34.6 Å². The first-order valence-corrected chi connectivity index (χ1v) is 8.29. The molecule has 0 aromatic carbocycles. The molecule has 134 valence electrons. The summed E-state index contributed by atoms with van der Waals surface area (Å²) in [5, 5.41) is 38.2. The first-order valence-electron chi connectivity index (χ1n) is 7.14. The van der Waals surface area contributed by atoms with Crippen molar-refractivity contribution in [2.75, 3.05) is 31.8 Å². The van der Waals surface area contributed by atoms with E-state index in [-0.39, 0.29) is 12.6 Å². The van der Waals surface area contributed by atoms with Crippen LogP contribution in [0.5, 0.6) is 0 Å². The zero-order valence-electron chi connectivity index (χ0n) is 13.0. The maximum absolute atomic E-state index is 10.9. The van der Waals surface area contributed by atoms with Crippen LogP contribution in [0.2, 0.25) is 0 Å². The molecule has 0 aromatic heterocycles. The van der Waals surface area contributed by atoms with Gasteiger partial charge in [-0.15, -0.1) is 0 Å². The highest BCUT2D eigenvalue weighted by Gasteiger charge is 2.43. The van der Waals surface area contributed by atoms with Gasteiger partial charge in [-0.1, -0.05) is 6.58 Å². The van der Waals surface area contributed by atoms with Crippen LogP contribution in [-0.4, -0.2) is 88.9 Å². The van der Waals surface area contributed by atoms with Crippen molar-refractivity contribution < 1.29 is 39.4 Å². The molecule has 8 nitrogen and oxygen atoms in total. The molecule has 4 N–H and O–H groups in total. The van der Waals surface area contributed by atoms with Crippen molar-refractivity contribution in [3.05, 3.63) is 12.2 Å². The SMILES string of the molecule is C=C(CO[C@@H]1O[C@H](CO)[C@@H](O)[C@H](O)[C@H]1O)CSCCC(=O)OC. The summed E-state index contributed by atoms with van der Waals surface area (Å²) in [7, 11) is 1.33. The van der Waals surface area contributed by atoms with Crippen molar-refractivity contribution in [2.45, 2.75) is 37.1 Å². The lowest BCUT2D eigenvalue weighted by Crippen LogP contribution is -2.59. The van der Waals surface area contributed by atoms with E-state index >= 15 is 0 Å². The minimum atomic E-state index is -1.46. The highest BCUT2D eigenvalue weighted by atomic mass is 32.2. The van der Waals surface area contributed by atoms with Crippen molar-refractivity contribution >= 4 is 17.7 Å². The van der Waals surface area contributed by atoms with Crippen molar-refractivity contribution in [1.29, 1.82) is 0 Å². The van der Waals surface area contributed by atoms with Gasteiger partial charge in [-0.3, -0.25) is 4.79 Å². The van der Waals surface area contributed by atoms with E-state index in [0.717, 1.165) is 0 Å². The molecule has 1 aliphatic rings. The summed E-state index contributed by atoms with van der Waals surface area (Å²) in [6, 6.07) is 0. The number of aliphatic hydroxyl groups is 4. The van der Waals surface area contributed by atoms with Crippen LogP contribution in [0.15, 0.2) is 12.2 Å². The number of methoxy groups -OCH3 is 1. The Kier molecular flexibility index (Phi) is 9.07. The topological polar surface area (TPSA) is 126 Å². The summed E-state index contributed by atoms with van der Waals surface area (Å²) < 4.78 is 15.1. The minimum Gasteiger partial charge on any atom is -0.469 e. The Morgan fingerprint density at radius 3 is 2.57 bits per heavy atom. The van der Waals surface area contributed by atoms with Gasteiger partial charge in [0.1, 0.15) is 24.4 Å². The van der Waals surface area contributed by atoms with E-state index in [9.17, 15) is 20.1 Å². The van der Waals surface area contributed by atoms with Crippen molar-refractivity contribution in [3.63, 3.8) is 0 Å². The van der Waals surface area contributed by atoms with E-state index in [1.807, 2.05) is 0 Å². The third-order valence-electron chi connectivity index (χ3n) is 3.28. The van der Waals surface area contributed by atoms with Gasteiger partial charge in [0.05, 0.1) is 26.7 Å². The van der Waals surface area contributed by atoms with E-state index in [0.29, 0.717) is 23.5 Å². The molecule has 9 heteroatoms. The maximum Gasteiger partial charge on any atom is 0.306 e. The molecule has 1 saturated heterocycles. The van der Waals surface area contributed by atoms with Gasteiger partial charge >= 0.3 is 5.97 Å². The fraction of sp³-hybridized carbons (Fsp3) is 0.786. The van der Waals surface area contributed by atoms with Gasteiger partial charge in [0.15, 0.2) is 6.29 Å². The normalized spacial score (nSPS) is 30.9. The lowest BCUT2D eigenvalue weighted by Gasteiger charge is -2.39. The average Bonchev–Trinajstić information content (AvgIpc) is 2.55. The molecule has 5 atom stereocenters. The molecule has 0 bridgehead atoms. The molecule has 23 heavy (non-hydrogen) atoms. The standard InChI is InChI=1S/C14H24O8S/c1-8(7-23-4-3-10(16)20-2)6-21-14-13(19)12(18)11(17)9(5-15)22-14/h9,11-15,17-19H,1,3-7H2,2H3/t9-,11-,12+,13-,14-/m1/s1. The molecule has 1 fully saturated rings. The number of rotatable bonds is 9. The number of carbonyl (C=O) groups is 1. The first kappa shape index (κ1) is 20.4. The number of carbonyl (C=O) groups excluding carboxylic acids is 1. The summed E-state index contributed by atoms with van der Waals surface area (Å²) in [5.41, 5.74) is 0.705. The molecular weight excluding hydrogens is 328 g/mol. The predicted molar refractivity (Wildman–Crippen MR) is 82.8 cm³/mol. The zero-order chi connectivity index (χ0) is 17.4. The largest absolute Gasteiger partial charge is 0.469 e. The lowest BCUT2D eigenvalue weighted by atomic mass is 9.99. The predicted octanol–water partition coefficient (Wildman–Crippen LogP) is -1.34. The van der Waals surface area contributed by atoms with Crippen LogP contribution in [0.4, 0.5) is 0 Å². The molecule has 1 rings (SSSR count). The summed E-state index contributed by atoms with van der Waals surface area (Å²) in [6.45, 7) is 3.39. The Morgan fingerprint density at radius 2 is 1.96 bits per heavy atom. The Balaban J connectivity index is 2.30. The molecular formula is C14H24O8S. The molecule has 0 unspecified atom stereocenters. The lowest BCUT2D eigenvalue weighted by molar-refractivity contribution is -0.298. The van der Waals surface area contributed by atoms with Crippen LogP contribution in [0.3, 0.4) is 0 Å². The number of hydrogen-bond donors (Lipinski definition) is 4. The van der Waals surface area contributed by atoms with E-state index in [4.69, 9.17) is 14.6 Å². The van der Waals surface area contributed by atoms with Crippen molar-refractivity contribution in [1.82, 2.24) is 0 Å².